The molecule has 3 heterocycles. The number of thioether (sulfide) groups is 1. The number of pyridine rings is 1. The summed E-state index contributed by atoms with van der Waals surface area (Å²) >= 11 is 1.37. The molecule has 0 aliphatic rings. The monoisotopic (exact) mass is 409 g/mol. The number of fused-ring (bicyclic) bond motifs is 4. The third kappa shape index (κ3) is 2.86. The highest BCUT2D eigenvalue weighted by Crippen LogP contribution is 2.38. The lowest BCUT2D eigenvalue weighted by Gasteiger charge is -2.13. The van der Waals surface area contributed by atoms with Crippen LogP contribution in [0.4, 0.5) is 8.78 Å². The summed E-state index contributed by atoms with van der Waals surface area (Å²) in [6.45, 7) is 1.23. The molecule has 29 heavy (non-hydrogen) atoms. The molecule has 0 bridgehead atoms. The molecule has 0 unspecified atom stereocenters. The van der Waals surface area contributed by atoms with Crippen LogP contribution in [0.2, 0.25) is 0 Å². The van der Waals surface area contributed by atoms with Crippen molar-refractivity contribution in [3.05, 3.63) is 66.0 Å². The molecule has 146 valence electrons. The molecule has 5 aromatic rings. The van der Waals surface area contributed by atoms with E-state index in [1.165, 1.54) is 11.8 Å². The maximum Gasteiger partial charge on any atom is 0.320 e. The van der Waals surface area contributed by atoms with Gasteiger partial charge >= 0.3 is 6.55 Å². The van der Waals surface area contributed by atoms with E-state index in [1.54, 1.807) is 24.3 Å². The molecule has 0 aliphatic carbocycles. The second kappa shape index (κ2) is 6.81. The number of alkyl halides is 2. The molecule has 0 aliphatic heterocycles. The van der Waals surface area contributed by atoms with Gasteiger partial charge in [-0.05, 0) is 43.7 Å². The molecule has 0 fully saturated rings. The van der Waals surface area contributed by atoms with Gasteiger partial charge in [0.15, 0.2) is 10.8 Å². The van der Waals surface area contributed by atoms with Crippen LogP contribution in [-0.2, 0) is 0 Å². The van der Waals surface area contributed by atoms with Crippen molar-refractivity contribution in [3.63, 3.8) is 0 Å². The van der Waals surface area contributed by atoms with Crippen LogP contribution in [0.1, 0.15) is 30.1 Å². The number of benzene rings is 2. The zero-order chi connectivity index (χ0) is 20.1. The number of hydrogen-bond acceptors (Lipinski definition) is 4. The lowest BCUT2D eigenvalue weighted by molar-refractivity contribution is 0.0715. The minimum absolute atomic E-state index is 0.319. The smallest absolute Gasteiger partial charge is 0.270 e. The van der Waals surface area contributed by atoms with Crippen LogP contribution in [0.15, 0.2) is 59.8 Å². The molecular weight excluding hydrogens is 392 g/mol. The van der Waals surface area contributed by atoms with E-state index < -0.39 is 6.55 Å². The van der Waals surface area contributed by atoms with Crippen LogP contribution < -0.4 is 0 Å². The van der Waals surface area contributed by atoms with Gasteiger partial charge in [0.05, 0.1) is 21.8 Å². The van der Waals surface area contributed by atoms with E-state index in [1.807, 2.05) is 42.5 Å². The van der Waals surface area contributed by atoms with E-state index in [-0.39, 0.29) is 5.25 Å². The average molecular weight is 409 g/mol. The topological polar surface area (TPSA) is 48.0 Å². The summed E-state index contributed by atoms with van der Waals surface area (Å²) in [7, 11) is 0. The molecule has 5 nitrogen and oxygen atoms in total. The molecule has 5 rings (SSSR count). The Morgan fingerprint density at radius 3 is 2.48 bits per heavy atom. The minimum atomic E-state index is -2.67. The van der Waals surface area contributed by atoms with Crippen molar-refractivity contribution >= 4 is 39.3 Å². The van der Waals surface area contributed by atoms with Gasteiger partial charge in [-0.3, -0.25) is 8.97 Å². The van der Waals surface area contributed by atoms with Crippen molar-refractivity contribution in [1.29, 1.82) is 0 Å². The zero-order valence-electron chi connectivity index (χ0n) is 15.8. The van der Waals surface area contributed by atoms with Crippen molar-refractivity contribution in [1.82, 2.24) is 24.1 Å². The maximum atomic E-state index is 13.8. The first-order valence-electron chi connectivity index (χ1n) is 9.19. The first-order valence-corrected chi connectivity index (χ1v) is 10.1. The van der Waals surface area contributed by atoms with Gasteiger partial charge in [-0.1, -0.05) is 42.1 Å². The SMILES string of the molecule is Cc1cc2nnc(S[C@@H](C)c3nc4ccccc4n3C(F)F)n2c2ccccc12. The van der Waals surface area contributed by atoms with Gasteiger partial charge in [0.25, 0.3) is 0 Å². The summed E-state index contributed by atoms with van der Waals surface area (Å²) in [5.41, 5.74) is 3.83. The number of hydrogen-bond donors (Lipinski definition) is 0. The molecule has 2 aromatic carbocycles. The molecule has 0 saturated carbocycles. The molecule has 1 atom stereocenters. The van der Waals surface area contributed by atoms with E-state index in [9.17, 15) is 8.78 Å². The molecule has 0 spiro atoms. The standard InChI is InChI=1S/C21H17F2N5S/c1-12-11-18-25-26-21(27(18)16-9-5-3-7-14(12)16)29-13(2)19-24-15-8-4-6-10-17(15)28(19)20(22)23/h3-11,13,20H,1-2H3/t13-/m0/s1. The van der Waals surface area contributed by atoms with E-state index in [0.717, 1.165) is 26.7 Å². The van der Waals surface area contributed by atoms with E-state index in [0.29, 0.717) is 22.0 Å². The van der Waals surface area contributed by atoms with Gasteiger partial charge in [0, 0.05) is 5.39 Å². The molecule has 0 amide bonds. The Labute approximate surface area is 169 Å². The second-order valence-electron chi connectivity index (χ2n) is 6.89. The zero-order valence-corrected chi connectivity index (χ0v) is 16.6. The second-order valence-corrected chi connectivity index (χ2v) is 8.20. The van der Waals surface area contributed by atoms with Crippen molar-refractivity contribution in [2.24, 2.45) is 0 Å². The van der Waals surface area contributed by atoms with Gasteiger partial charge < -0.3 is 0 Å². The predicted molar refractivity (Wildman–Crippen MR) is 110 cm³/mol. The summed E-state index contributed by atoms with van der Waals surface area (Å²) in [4.78, 5) is 4.48. The Balaban J connectivity index is 1.63. The highest BCUT2D eigenvalue weighted by atomic mass is 32.2. The molecule has 0 saturated heterocycles. The summed E-state index contributed by atoms with van der Waals surface area (Å²) in [5.74, 6) is 0.319. The van der Waals surface area contributed by atoms with E-state index in [2.05, 4.69) is 21.2 Å². The Morgan fingerprint density at radius 1 is 0.966 bits per heavy atom. The van der Waals surface area contributed by atoms with Gasteiger partial charge in [-0.15, -0.1) is 10.2 Å². The van der Waals surface area contributed by atoms with Gasteiger partial charge in [0.1, 0.15) is 5.82 Å². The van der Waals surface area contributed by atoms with Crippen molar-refractivity contribution in [3.8, 4) is 0 Å². The lowest BCUT2D eigenvalue weighted by atomic mass is 10.1. The summed E-state index contributed by atoms with van der Waals surface area (Å²) in [5, 5.41) is 10.0. The van der Waals surface area contributed by atoms with Crippen LogP contribution in [0.5, 0.6) is 0 Å². The van der Waals surface area contributed by atoms with Crippen LogP contribution in [0, 0.1) is 6.92 Å². The van der Waals surface area contributed by atoms with E-state index >= 15 is 0 Å². The molecule has 3 aromatic heterocycles. The number of para-hydroxylation sites is 3. The Hall–Kier alpha value is -3.00. The lowest BCUT2D eigenvalue weighted by Crippen LogP contribution is -2.06. The van der Waals surface area contributed by atoms with Gasteiger partial charge in [0.2, 0.25) is 0 Å². The molecular formula is C21H17F2N5S. The Bertz CT molecular complexity index is 1360. The fraction of sp³-hybridized carbons (Fsp3) is 0.190. The number of nitrogens with zero attached hydrogens (tertiary/aromatic N) is 5. The number of aryl methyl sites for hydroxylation is 1. The summed E-state index contributed by atoms with van der Waals surface area (Å²) in [6.07, 6.45) is 0. The highest BCUT2D eigenvalue weighted by molar-refractivity contribution is 7.99. The first kappa shape index (κ1) is 18.1. The predicted octanol–water partition coefficient (Wildman–Crippen LogP) is 5.79. The fourth-order valence-electron chi connectivity index (χ4n) is 3.72. The van der Waals surface area contributed by atoms with E-state index in [4.69, 9.17) is 0 Å². The van der Waals surface area contributed by atoms with Crippen LogP contribution in [0.3, 0.4) is 0 Å². The molecule has 8 heteroatoms. The van der Waals surface area contributed by atoms with Crippen LogP contribution in [-0.4, -0.2) is 24.1 Å². The third-order valence-electron chi connectivity index (χ3n) is 5.04. The summed E-state index contributed by atoms with van der Waals surface area (Å²) in [6, 6.07) is 17.0. The summed E-state index contributed by atoms with van der Waals surface area (Å²) < 4.78 is 30.6. The third-order valence-corrected chi connectivity index (χ3v) is 6.08. The fourth-order valence-corrected chi connectivity index (χ4v) is 4.69. The van der Waals surface area contributed by atoms with Crippen molar-refractivity contribution in [2.75, 3.05) is 0 Å². The van der Waals surface area contributed by atoms with Crippen molar-refractivity contribution < 1.29 is 8.78 Å². The highest BCUT2D eigenvalue weighted by Gasteiger charge is 2.24. The van der Waals surface area contributed by atoms with Crippen molar-refractivity contribution in [2.45, 2.75) is 30.8 Å². The minimum Gasteiger partial charge on any atom is -0.270 e. The Morgan fingerprint density at radius 2 is 1.69 bits per heavy atom. The number of aromatic nitrogens is 5. The number of rotatable bonds is 4. The normalized spacial score (nSPS) is 13.1. The average Bonchev–Trinajstić information content (AvgIpc) is 3.30. The maximum absolute atomic E-state index is 13.8. The van der Waals surface area contributed by atoms with Crippen LogP contribution >= 0.6 is 11.8 Å². The van der Waals surface area contributed by atoms with Gasteiger partial charge in [-0.25, -0.2) is 4.98 Å². The molecule has 0 N–H and O–H groups in total. The largest absolute Gasteiger partial charge is 0.320 e. The quantitative estimate of drug-likeness (QED) is 0.353. The molecule has 0 radical (unpaired) electrons. The van der Waals surface area contributed by atoms with Crippen LogP contribution in [0.25, 0.3) is 27.6 Å². The first-order chi connectivity index (χ1) is 14.0. The Kier molecular flexibility index (Phi) is 4.24. The number of halogens is 2. The number of imidazole rings is 1. The van der Waals surface area contributed by atoms with Gasteiger partial charge in [-0.2, -0.15) is 8.78 Å².